The Bertz CT molecular complexity index is 428. The van der Waals surface area contributed by atoms with Crippen LogP contribution in [0.5, 0.6) is 0 Å². The average molecular weight is 302 g/mol. The largest absolute Gasteiger partial charge is 0.267 e. The highest BCUT2D eigenvalue weighted by Gasteiger charge is 2.07. The van der Waals surface area contributed by atoms with Gasteiger partial charge in [0.2, 0.25) is 0 Å². The molecule has 1 aromatic carbocycles. The fraction of sp³-hybridized carbons (Fsp3) is 0.100. The van der Waals surface area contributed by atoms with Crippen molar-refractivity contribution in [2.24, 2.45) is 7.05 Å². The molecule has 4 heteroatoms. The van der Waals surface area contributed by atoms with Crippen molar-refractivity contribution in [2.75, 3.05) is 0 Å². The summed E-state index contributed by atoms with van der Waals surface area (Å²) in [5, 5.41) is 4.13. The quantitative estimate of drug-likeness (QED) is 0.741. The summed E-state index contributed by atoms with van der Waals surface area (Å²) in [5.74, 6) is -0.217. The maximum absolute atomic E-state index is 12.7. The summed E-state index contributed by atoms with van der Waals surface area (Å²) in [7, 11) is 1.88. The van der Waals surface area contributed by atoms with E-state index in [-0.39, 0.29) is 5.82 Å². The Morgan fingerprint density at radius 3 is 2.43 bits per heavy atom. The minimum atomic E-state index is -0.217. The lowest BCUT2D eigenvalue weighted by atomic mass is 10.1. The highest BCUT2D eigenvalue weighted by Crippen LogP contribution is 2.24. The van der Waals surface area contributed by atoms with Crippen LogP contribution in [-0.2, 0) is 7.05 Å². The number of aromatic nitrogens is 2. The van der Waals surface area contributed by atoms with Crippen molar-refractivity contribution in [3.8, 4) is 11.3 Å². The zero-order valence-electron chi connectivity index (χ0n) is 7.54. The van der Waals surface area contributed by atoms with Crippen LogP contribution < -0.4 is 0 Å². The Morgan fingerprint density at radius 1 is 1.29 bits per heavy atom. The molecule has 0 bridgehead atoms. The molecule has 0 unspecified atom stereocenters. The van der Waals surface area contributed by atoms with E-state index in [1.54, 1.807) is 23.0 Å². The maximum Gasteiger partial charge on any atom is 0.123 e. The molecule has 1 aromatic heterocycles. The first-order chi connectivity index (χ1) is 6.68. The second kappa shape index (κ2) is 3.68. The van der Waals surface area contributed by atoms with Crippen LogP contribution >= 0.6 is 22.6 Å². The SMILES string of the molecule is Cn1ncc(I)c1-c1ccc(F)cc1. The van der Waals surface area contributed by atoms with Gasteiger partial charge in [-0.3, -0.25) is 4.68 Å². The number of benzene rings is 1. The van der Waals surface area contributed by atoms with E-state index in [1.807, 2.05) is 7.05 Å². The van der Waals surface area contributed by atoms with E-state index in [0.29, 0.717) is 0 Å². The zero-order chi connectivity index (χ0) is 10.1. The van der Waals surface area contributed by atoms with Crippen LogP contribution in [0, 0.1) is 9.39 Å². The third-order valence-corrected chi connectivity index (χ3v) is 2.80. The lowest BCUT2D eigenvalue weighted by molar-refractivity contribution is 0.628. The van der Waals surface area contributed by atoms with Gasteiger partial charge in [0.05, 0.1) is 15.5 Å². The smallest absolute Gasteiger partial charge is 0.123 e. The molecule has 0 fully saturated rings. The number of hydrogen-bond acceptors (Lipinski definition) is 1. The van der Waals surface area contributed by atoms with Crippen molar-refractivity contribution >= 4 is 22.6 Å². The molecule has 1 heterocycles. The molecule has 0 spiro atoms. The molecule has 2 rings (SSSR count). The molecular weight excluding hydrogens is 294 g/mol. The van der Waals surface area contributed by atoms with Crippen molar-refractivity contribution in [1.82, 2.24) is 9.78 Å². The van der Waals surface area contributed by atoms with Gasteiger partial charge in [0.25, 0.3) is 0 Å². The summed E-state index contributed by atoms with van der Waals surface area (Å²) in [6.45, 7) is 0. The van der Waals surface area contributed by atoms with Gasteiger partial charge in [0.1, 0.15) is 5.82 Å². The van der Waals surface area contributed by atoms with Crippen LogP contribution in [0.15, 0.2) is 30.5 Å². The van der Waals surface area contributed by atoms with Gasteiger partial charge in [-0.05, 0) is 46.9 Å². The average Bonchev–Trinajstić information content (AvgIpc) is 2.49. The lowest BCUT2D eigenvalue weighted by Gasteiger charge is -2.02. The van der Waals surface area contributed by atoms with Gasteiger partial charge in [-0.25, -0.2) is 4.39 Å². The Morgan fingerprint density at radius 2 is 1.93 bits per heavy atom. The zero-order valence-corrected chi connectivity index (χ0v) is 9.69. The molecule has 0 atom stereocenters. The van der Waals surface area contributed by atoms with E-state index < -0.39 is 0 Å². The first kappa shape index (κ1) is 9.64. The summed E-state index contributed by atoms with van der Waals surface area (Å²) in [4.78, 5) is 0. The van der Waals surface area contributed by atoms with Crippen LogP contribution in [0.3, 0.4) is 0 Å². The highest BCUT2D eigenvalue weighted by atomic mass is 127. The monoisotopic (exact) mass is 302 g/mol. The fourth-order valence-electron chi connectivity index (χ4n) is 1.34. The first-order valence-electron chi connectivity index (χ1n) is 4.12. The van der Waals surface area contributed by atoms with E-state index in [2.05, 4.69) is 27.7 Å². The molecule has 72 valence electrons. The third-order valence-electron chi connectivity index (χ3n) is 2.01. The summed E-state index contributed by atoms with van der Waals surface area (Å²) in [5.41, 5.74) is 2.00. The Balaban J connectivity index is 2.54. The Kier molecular flexibility index (Phi) is 2.54. The van der Waals surface area contributed by atoms with Gasteiger partial charge >= 0.3 is 0 Å². The van der Waals surface area contributed by atoms with Crippen LogP contribution in [0.1, 0.15) is 0 Å². The maximum atomic E-state index is 12.7. The van der Waals surface area contributed by atoms with Crippen LogP contribution in [0.25, 0.3) is 11.3 Å². The molecule has 0 amide bonds. The summed E-state index contributed by atoms with van der Waals surface area (Å²) in [6, 6.07) is 6.43. The predicted octanol–water partition coefficient (Wildman–Crippen LogP) is 2.83. The van der Waals surface area contributed by atoms with E-state index in [4.69, 9.17) is 0 Å². The van der Waals surface area contributed by atoms with E-state index in [1.165, 1.54) is 12.1 Å². The van der Waals surface area contributed by atoms with Crippen molar-refractivity contribution in [3.63, 3.8) is 0 Å². The van der Waals surface area contributed by atoms with Crippen molar-refractivity contribution in [1.29, 1.82) is 0 Å². The lowest BCUT2D eigenvalue weighted by Crippen LogP contribution is -1.94. The van der Waals surface area contributed by atoms with Gasteiger partial charge in [0.15, 0.2) is 0 Å². The van der Waals surface area contributed by atoms with Crippen molar-refractivity contribution in [3.05, 3.63) is 39.8 Å². The van der Waals surface area contributed by atoms with Crippen molar-refractivity contribution in [2.45, 2.75) is 0 Å². The van der Waals surface area contributed by atoms with E-state index in [0.717, 1.165) is 14.8 Å². The van der Waals surface area contributed by atoms with Crippen LogP contribution in [-0.4, -0.2) is 9.78 Å². The molecule has 0 N–H and O–H groups in total. The third kappa shape index (κ3) is 1.66. The molecule has 14 heavy (non-hydrogen) atoms. The molecule has 2 aromatic rings. The summed E-state index contributed by atoms with van der Waals surface area (Å²) in [6.07, 6.45) is 1.79. The van der Waals surface area contributed by atoms with Gasteiger partial charge in [-0.2, -0.15) is 5.10 Å². The van der Waals surface area contributed by atoms with Gasteiger partial charge in [-0.15, -0.1) is 0 Å². The normalized spacial score (nSPS) is 10.5. The predicted molar refractivity (Wildman–Crippen MR) is 61.3 cm³/mol. The fourth-order valence-corrected chi connectivity index (χ4v) is 2.13. The molecule has 0 aliphatic carbocycles. The van der Waals surface area contributed by atoms with Crippen molar-refractivity contribution < 1.29 is 4.39 Å². The number of aryl methyl sites for hydroxylation is 1. The Labute approximate surface area is 94.9 Å². The number of halogens is 2. The summed E-state index contributed by atoms with van der Waals surface area (Å²) < 4.78 is 15.6. The molecule has 0 saturated carbocycles. The molecule has 0 aliphatic rings. The number of hydrogen-bond donors (Lipinski definition) is 0. The van der Waals surface area contributed by atoms with Gasteiger partial charge < -0.3 is 0 Å². The topological polar surface area (TPSA) is 17.8 Å². The number of rotatable bonds is 1. The van der Waals surface area contributed by atoms with Crippen LogP contribution in [0.4, 0.5) is 4.39 Å². The van der Waals surface area contributed by atoms with Gasteiger partial charge in [0, 0.05) is 12.6 Å². The standard InChI is InChI=1S/C10H8FIN2/c1-14-10(9(12)6-13-14)7-2-4-8(11)5-3-7/h2-6H,1H3. The molecule has 0 aliphatic heterocycles. The second-order valence-electron chi connectivity index (χ2n) is 2.97. The first-order valence-corrected chi connectivity index (χ1v) is 5.20. The van der Waals surface area contributed by atoms with Crippen LogP contribution in [0.2, 0.25) is 0 Å². The number of nitrogens with zero attached hydrogens (tertiary/aromatic N) is 2. The minimum absolute atomic E-state index is 0.217. The highest BCUT2D eigenvalue weighted by molar-refractivity contribution is 14.1. The van der Waals surface area contributed by atoms with E-state index >= 15 is 0 Å². The molecule has 0 radical (unpaired) electrons. The minimum Gasteiger partial charge on any atom is -0.267 e. The van der Waals surface area contributed by atoms with E-state index in [9.17, 15) is 4.39 Å². The second-order valence-corrected chi connectivity index (χ2v) is 4.13. The summed E-state index contributed by atoms with van der Waals surface area (Å²) >= 11 is 2.22. The molecule has 0 saturated heterocycles. The molecule has 2 nitrogen and oxygen atoms in total. The van der Waals surface area contributed by atoms with Gasteiger partial charge in [-0.1, -0.05) is 0 Å². The molecular formula is C10H8FIN2. The Hall–Kier alpha value is -0.910.